The summed E-state index contributed by atoms with van der Waals surface area (Å²) in [5.41, 5.74) is 2.71. The molecule has 0 N–H and O–H groups in total. The summed E-state index contributed by atoms with van der Waals surface area (Å²) in [6.07, 6.45) is 0.888. The average Bonchev–Trinajstić information content (AvgIpc) is 2.68. The van der Waals surface area contributed by atoms with Crippen LogP contribution in [0.4, 0.5) is 0 Å². The van der Waals surface area contributed by atoms with Crippen LogP contribution in [0.2, 0.25) is 5.15 Å². The molecule has 2 heterocycles. The first kappa shape index (κ1) is 13.8. The summed E-state index contributed by atoms with van der Waals surface area (Å²) in [7, 11) is 0. The lowest BCUT2D eigenvalue weighted by atomic mass is 10.0. The molecular formula is C15H14BrClN2O. The number of hydrogen-bond acceptors (Lipinski definition) is 3. The van der Waals surface area contributed by atoms with Crippen LogP contribution >= 0.6 is 27.5 Å². The van der Waals surface area contributed by atoms with Gasteiger partial charge in [0.05, 0.1) is 15.7 Å². The third kappa shape index (κ3) is 2.31. The third-order valence-corrected chi connectivity index (χ3v) is 4.76. The van der Waals surface area contributed by atoms with Crippen LogP contribution in [0.25, 0.3) is 11.4 Å². The predicted octanol–water partition coefficient (Wildman–Crippen LogP) is 4.58. The van der Waals surface area contributed by atoms with E-state index in [4.69, 9.17) is 16.3 Å². The molecule has 5 heteroatoms. The molecule has 0 bridgehead atoms. The molecule has 0 aliphatic carbocycles. The van der Waals surface area contributed by atoms with Crippen LogP contribution in [-0.4, -0.2) is 15.6 Å². The second-order valence-corrected chi connectivity index (χ2v) is 6.72. The zero-order valence-electron chi connectivity index (χ0n) is 11.5. The van der Waals surface area contributed by atoms with Crippen molar-refractivity contribution >= 4 is 27.5 Å². The molecule has 1 aromatic heterocycles. The van der Waals surface area contributed by atoms with Gasteiger partial charge in [-0.15, -0.1) is 0 Å². The van der Waals surface area contributed by atoms with Crippen LogP contribution in [0.3, 0.4) is 0 Å². The highest BCUT2D eigenvalue weighted by Crippen LogP contribution is 2.41. The largest absolute Gasteiger partial charge is 0.486 e. The number of hydrogen-bond donors (Lipinski definition) is 0. The maximum atomic E-state index is 6.14. The smallest absolute Gasteiger partial charge is 0.164 e. The average molecular weight is 354 g/mol. The Kier molecular flexibility index (Phi) is 3.26. The lowest BCUT2D eigenvalue weighted by Gasteiger charge is -2.18. The number of fused-ring (bicyclic) bond motifs is 1. The second-order valence-electron chi connectivity index (χ2n) is 5.57. The Bertz CT molecular complexity index is 677. The van der Waals surface area contributed by atoms with Crippen molar-refractivity contribution in [2.75, 3.05) is 0 Å². The van der Waals surface area contributed by atoms with Gasteiger partial charge in [-0.05, 0) is 48.3 Å². The fraction of sp³-hybridized carbons (Fsp3) is 0.333. The molecular weight excluding hydrogens is 340 g/mol. The fourth-order valence-corrected chi connectivity index (χ4v) is 2.83. The first-order valence-corrected chi connectivity index (χ1v) is 7.55. The maximum absolute atomic E-state index is 6.14. The molecule has 0 saturated heterocycles. The molecule has 1 aliphatic heterocycles. The summed E-state index contributed by atoms with van der Waals surface area (Å²) in [4.78, 5) is 8.86. The number of halogens is 2. The normalized spacial score (nSPS) is 15.8. The molecule has 1 aromatic carbocycles. The van der Waals surface area contributed by atoms with Crippen LogP contribution < -0.4 is 4.74 Å². The van der Waals surface area contributed by atoms with Gasteiger partial charge in [-0.25, -0.2) is 9.97 Å². The van der Waals surface area contributed by atoms with Crippen LogP contribution in [-0.2, 0) is 6.42 Å². The van der Waals surface area contributed by atoms with E-state index in [0.29, 0.717) is 11.0 Å². The molecule has 0 atom stereocenters. The topological polar surface area (TPSA) is 35.0 Å². The van der Waals surface area contributed by atoms with Crippen molar-refractivity contribution in [3.05, 3.63) is 39.1 Å². The fourth-order valence-electron chi connectivity index (χ4n) is 2.44. The Morgan fingerprint density at radius 3 is 2.75 bits per heavy atom. The Labute approximate surface area is 131 Å². The van der Waals surface area contributed by atoms with E-state index in [-0.39, 0.29) is 5.60 Å². The maximum Gasteiger partial charge on any atom is 0.164 e. The number of rotatable bonds is 1. The van der Waals surface area contributed by atoms with E-state index in [0.717, 1.165) is 27.9 Å². The van der Waals surface area contributed by atoms with Gasteiger partial charge in [-0.1, -0.05) is 23.7 Å². The predicted molar refractivity (Wildman–Crippen MR) is 83.3 cm³/mol. The number of benzene rings is 1. The molecule has 0 saturated carbocycles. The third-order valence-electron chi connectivity index (χ3n) is 3.31. The first-order chi connectivity index (χ1) is 9.37. The molecule has 0 spiro atoms. The van der Waals surface area contributed by atoms with E-state index in [9.17, 15) is 0 Å². The number of aromatic nitrogens is 2. The quantitative estimate of drug-likeness (QED) is 0.704. The van der Waals surface area contributed by atoms with Gasteiger partial charge in [-0.3, -0.25) is 0 Å². The van der Waals surface area contributed by atoms with E-state index in [2.05, 4.69) is 45.8 Å². The monoisotopic (exact) mass is 352 g/mol. The molecule has 2 aromatic rings. The Morgan fingerprint density at radius 2 is 2.05 bits per heavy atom. The van der Waals surface area contributed by atoms with Gasteiger partial charge in [0.1, 0.15) is 16.5 Å². The van der Waals surface area contributed by atoms with E-state index in [1.165, 1.54) is 5.56 Å². The highest BCUT2D eigenvalue weighted by atomic mass is 79.9. The molecule has 0 unspecified atom stereocenters. The minimum Gasteiger partial charge on any atom is -0.486 e. The van der Waals surface area contributed by atoms with Crippen molar-refractivity contribution in [3.63, 3.8) is 0 Å². The van der Waals surface area contributed by atoms with E-state index < -0.39 is 0 Å². The highest BCUT2D eigenvalue weighted by molar-refractivity contribution is 9.10. The number of para-hydroxylation sites is 1. The number of ether oxygens (including phenoxy) is 1. The van der Waals surface area contributed by atoms with Gasteiger partial charge in [0.2, 0.25) is 0 Å². The van der Waals surface area contributed by atoms with Gasteiger partial charge in [0, 0.05) is 6.42 Å². The summed E-state index contributed by atoms with van der Waals surface area (Å²) in [6.45, 7) is 6.06. The van der Waals surface area contributed by atoms with E-state index in [1.54, 1.807) is 0 Å². The molecule has 0 radical (unpaired) electrons. The van der Waals surface area contributed by atoms with Gasteiger partial charge in [0.15, 0.2) is 5.82 Å². The van der Waals surface area contributed by atoms with Crippen molar-refractivity contribution in [1.82, 2.24) is 9.97 Å². The Morgan fingerprint density at radius 1 is 1.30 bits per heavy atom. The minimum absolute atomic E-state index is 0.188. The summed E-state index contributed by atoms with van der Waals surface area (Å²) >= 11 is 9.52. The highest BCUT2D eigenvalue weighted by Gasteiger charge is 2.32. The first-order valence-electron chi connectivity index (χ1n) is 6.38. The van der Waals surface area contributed by atoms with Crippen molar-refractivity contribution in [2.45, 2.75) is 32.8 Å². The molecule has 0 amide bonds. The number of nitrogens with zero attached hydrogens (tertiary/aromatic N) is 2. The van der Waals surface area contributed by atoms with Gasteiger partial charge in [-0.2, -0.15) is 0 Å². The van der Waals surface area contributed by atoms with Crippen LogP contribution in [0.5, 0.6) is 5.75 Å². The summed E-state index contributed by atoms with van der Waals surface area (Å²) < 4.78 is 6.79. The van der Waals surface area contributed by atoms with Crippen molar-refractivity contribution in [3.8, 4) is 17.1 Å². The summed E-state index contributed by atoms with van der Waals surface area (Å²) in [5.74, 6) is 1.47. The van der Waals surface area contributed by atoms with Crippen LogP contribution in [0.15, 0.2) is 22.7 Å². The zero-order chi connectivity index (χ0) is 14.5. The lowest BCUT2D eigenvalue weighted by Crippen LogP contribution is -2.24. The van der Waals surface area contributed by atoms with E-state index >= 15 is 0 Å². The van der Waals surface area contributed by atoms with Crippen molar-refractivity contribution < 1.29 is 4.74 Å². The standard InChI is InChI=1S/C15H14BrClN2O/c1-8-11(16)13(17)19-14(18-8)10-6-4-5-9-7-15(2,3)20-12(9)10/h4-6H,7H2,1-3H3. The van der Waals surface area contributed by atoms with E-state index in [1.807, 2.05) is 19.1 Å². The SMILES string of the molecule is Cc1nc(-c2cccc3c2OC(C)(C)C3)nc(Cl)c1Br. The Balaban J connectivity index is 2.16. The van der Waals surface area contributed by atoms with Gasteiger partial charge >= 0.3 is 0 Å². The van der Waals surface area contributed by atoms with Gasteiger partial charge in [0.25, 0.3) is 0 Å². The second kappa shape index (κ2) is 4.71. The molecule has 3 rings (SSSR count). The summed E-state index contributed by atoms with van der Waals surface area (Å²) in [5, 5.41) is 0.419. The van der Waals surface area contributed by atoms with Crippen LogP contribution in [0.1, 0.15) is 25.1 Å². The molecule has 1 aliphatic rings. The molecule has 3 nitrogen and oxygen atoms in total. The zero-order valence-corrected chi connectivity index (χ0v) is 13.8. The molecule has 0 fully saturated rings. The molecule has 20 heavy (non-hydrogen) atoms. The van der Waals surface area contributed by atoms with Crippen LogP contribution in [0, 0.1) is 6.92 Å². The molecule has 104 valence electrons. The summed E-state index contributed by atoms with van der Waals surface area (Å²) in [6, 6.07) is 6.06. The van der Waals surface area contributed by atoms with Gasteiger partial charge < -0.3 is 4.74 Å². The number of aryl methyl sites for hydroxylation is 1. The van der Waals surface area contributed by atoms with Crippen molar-refractivity contribution in [2.24, 2.45) is 0 Å². The van der Waals surface area contributed by atoms with Crippen molar-refractivity contribution in [1.29, 1.82) is 0 Å². The Hall–Kier alpha value is -1.13. The lowest BCUT2D eigenvalue weighted by molar-refractivity contribution is 0.139. The minimum atomic E-state index is -0.188.